The van der Waals surface area contributed by atoms with E-state index in [0.29, 0.717) is 28.4 Å². The number of nitrogens with two attached hydrogens (primary N) is 1. The van der Waals surface area contributed by atoms with Gasteiger partial charge < -0.3 is 20.6 Å². The molecule has 5 aliphatic rings. The summed E-state index contributed by atoms with van der Waals surface area (Å²) in [7, 11) is 0. The molecule has 6 nitrogen and oxygen atoms in total. The molecule has 2 heterocycles. The molecule has 0 aromatic carbocycles. The van der Waals surface area contributed by atoms with Crippen molar-refractivity contribution in [3.63, 3.8) is 0 Å². The summed E-state index contributed by atoms with van der Waals surface area (Å²) in [5, 5.41) is 11.4. The highest BCUT2D eigenvalue weighted by atomic mass is 32.2. The third-order valence-electron chi connectivity index (χ3n) is 8.96. The first-order valence-electron chi connectivity index (χ1n) is 13.8. The van der Waals surface area contributed by atoms with E-state index in [2.05, 4.69) is 16.7 Å². The predicted octanol–water partition coefficient (Wildman–Crippen LogP) is 3.41. The maximum absolute atomic E-state index is 13.1. The highest BCUT2D eigenvalue weighted by Crippen LogP contribution is 2.44. The number of amidine groups is 1. The summed E-state index contributed by atoms with van der Waals surface area (Å²) in [6, 6.07) is 0.0194. The number of amides is 1. The van der Waals surface area contributed by atoms with E-state index in [1.807, 2.05) is 4.90 Å². The van der Waals surface area contributed by atoms with E-state index < -0.39 is 0 Å². The standard InChI is InChI=1S/C26H44N4O2S/c27-21(16-18-6-2-1-3-7-18)26(32)30-14-12-29(13-15-30)25-20-8-4-5-9-23(20)33-24-17-19(31)10-11-22(24)28-25/h18-24,31H,1-17,27H2. The molecule has 0 radical (unpaired) electrons. The first-order valence-corrected chi connectivity index (χ1v) is 14.7. The van der Waals surface area contributed by atoms with Gasteiger partial charge in [0.25, 0.3) is 0 Å². The molecule has 0 bridgehead atoms. The van der Waals surface area contributed by atoms with Crippen LogP contribution in [0.15, 0.2) is 4.99 Å². The number of carbonyl (C=O) groups is 1. The molecule has 5 rings (SSSR count). The SMILES string of the molecule is NC(CC1CCCCC1)C(=O)N1CCN(C2=NC3CCC(O)CC3SC3CCCCC23)CC1. The fourth-order valence-electron chi connectivity index (χ4n) is 7.02. The molecule has 3 aliphatic carbocycles. The maximum atomic E-state index is 13.1. The fraction of sp³-hybridized carbons (Fsp3) is 0.923. The number of hydrogen-bond donors (Lipinski definition) is 2. The summed E-state index contributed by atoms with van der Waals surface area (Å²) in [6.07, 6.45) is 15.1. The summed E-state index contributed by atoms with van der Waals surface area (Å²) in [4.78, 5) is 23.0. The number of carbonyl (C=O) groups excluding carboxylic acids is 1. The molecule has 4 fully saturated rings. The normalized spacial score (nSPS) is 36.9. The minimum absolute atomic E-state index is 0.148. The van der Waals surface area contributed by atoms with Gasteiger partial charge in [0.15, 0.2) is 0 Å². The molecule has 0 aromatic heterocycles. The number of rotatable bonds is 3. The third-order valence-corrected chi connectivity index (χ3v) is 10.7. The van der Waals surface area contributed by atoms with E-state index in [0.717, 1.165) is 51.9 Å². The summed E-state index contributed by atoms with van der Waals surface area (Å²) in [6.45, 7) is 3.31. The van der Waals surface area contributed by atoms with Gasteiger partial charge in [0.05, 0.1) is 18.2 Å². The van der Waals surface area contributed by atoms with Crippen molar-refractivity contribution in [2.24, 2.45) is 22.6 Å². The second-order valence-corrected chi connectivity index (χ2v) is 12.8. The van der Waals surface area contributed by atoms with Gasteiger partial charge in [-0.05, 0) is 44.4 Å². The molecule has 2 aliphatic heterocycles. The van der Waals surface area contributed by atoms with Gasteiger partial charge in [-0.15, -0.1) is 0 Å². The Labute approximate surface area is 204 Å². The van der Waals surface area contributed by atoms with Crippen LogP contribution in [-0.4, -0.2) is 81.5 Å². The Kier molecular flexibility index (Phi) is 7.88. The Morgan fingerprint density at radius 1 is 0.970 bits per heavy atom. The van der Waals surface area contributed by atoms with Crippen LogP contribution in [0.1, 0.15) is 83.5 Å². The topological polar surface area (TPSA) is 82.2 Å². The number of aliphatic imine (C=N–C) groups is 1. The molecular weight excluding hydrogens is 432 g/mol. The number of hydrogen-bond acceptors (Lipinski definition) is 6. The van der Waals surface area contributed by atoms with Crippen molar-refractivity contribution in [3.05, 3.63) is 0 Å². The summed E-state index contributed by atoms with van der Waals surface area (Å²) in [5.41, 5.74) is 6.40. The molecule has 3 N–H and O–H groups in total. The fourth-order valence-corrected chi connectivity index (χ4v) is 8.93. The molecule has 6 unspecified atom stereocenters. The van der Waals surface area contributed by atoms with Crippen molar-refractivity contribution in [1.29, 1.82) is 0 Å². The maximum Gasteiger partial charge on any atom is 0.239 e. The van der Waals surface area contributed by atoms with Gasteiger partial charge in [0.2, 0.25) is 5.91 Å². The summed E-state index contributed by atoms with van der Waals surface area (Å²) < 4.78 is 0. The Balaban J connectivity index is 1.22. The van der Waals surface area contributed by atoms with Gasteiger partial charge in [-0.3, -0.25) is 9.79 Å². The van der Waals surface area contributed by atoms with E-state index in [9.17, 15) is 9.90 Å². The van der Waals surface area contributed by atoms with E-state index in [-0.39, 0.29) is 18.1 Å². The van der Waals surface area contributed by atoms with Gasteiger partial charge in [-0.25, -0.2) is 0 Å². The summed E-state index contributed by atoms with van der Waals surface area (Å²) >= 11 is 2.14. The molecule has 186 valence electrons. The van der Waals surface area contributed by atoms with E-state index in [1.54, 1.807) is 0 Å². The van der Waals surface area contributed by atoms with Crippen molar-refractivity contribution < 1.29 is 9.90 Å². The molecule has 1 amide bonds. The number of aliphatic hydroxyl groups is 1. The Morgan fingerprint density at radius 3 is 2.48 bits per heavy atom. The zero-order valence-corrected chi connectivity index (χ0v) is 21.1. The Morgan fingerprint density at radius 2 is 1.70 bits per heavy atom. The minimum atomic E-state index is -0.330. The number of nitrogens with zero attached hydrogens (tertiary/aromatic N) is 3. The zero-order chi connectivity index (χ0) is 22.8. The lowest BCUT2D eigenvalue weighted by Crippen LogP contribution is -2.56. The predicted molar refractivity (Wildman–Crippen MR) is 136 cm³/mol. The van der Waals surface area contributed by atoms with Crippen molar-refractivity contribution in [3.8, 4) is 0 Å². The first kappa shape index (κ1) is 23.9. The molecule has 33 heavy (non-hydrogen) atoms. The highest BCUT2D eigenvalue weighted by Gasteiger charge is 2.42. The molecule has 0 spiro atoms. The lowest BCUT2D eigenvalue weighted by Gasteiger charge is -2.41. The van der Waals surface area contributed by atoms with Crippen LogP contribution in [0.5, 0.6) is 0 Å². The van der Waals surface area contributed by atoms with Crippen LogP contribution in [0.3, 0.4) is 0 Å². The van der Waals surface area contributed by atoms with Crippen LogP contribution in [0.4, 0.5) is 0 Å². The van der Waals surface area contributed by atoms with Crippen molar-refractivity contribution in [2.45, 2.75) is 112 Å². The average molecular weight is 477 g/mol. The monoisotopic (exact) mass is 476 g/mol. The number of thioether (sulfide) groups is 1. The average Bonchev–Trinajstić information content (AvgIpc) is 3.00. The molecule has 7 heteroatoms. The van der Waals surface area contributed by atoms with E-state index >= 15 is 0 Å². The van der Waals surface area contributed by atoms with Crippen molar-refractivity contribution >= 4 is 23.5 Å². The van der Waals surface area contributed by atoms with Crippen LogP contribution < -0.4 is 5.73 Å². The smallest absolute Gasteiger partial charge is 0.239 e. The number of fused-ring (bicyclic) bond motifs is 2. The number of piperazine rings is 1. The molecule has 6 atom stereocenters. The minimum Gasteiger partial charge on any atom is -0.393 e. The van der Waals surface area contributed by atoms with Gasteiger partial charge in [-0.1, -0.05) is 44.9 Å². The molecule has 1 saturated heterocycles. The quantitative estimate of drug-likeness (QED) is 0.652. The van der Waals surface area contributed by atoms with Crippen LogP contribution in [0.2, 0.25) is 0 Å². The van der Waals surface area contributed by atoms with Crippen molar-refractivity contribution in [2.75, 3.05) is 26.2 Å². The van der Waals surface area contributed by atoms with Gasteiger partial charge >= 0.3 is 0 Å². The van der Waals surface area contributed by atoms with Crippen LogP contribution in [0, 0.1) is 11.8 Å². The van der Waals surface area contributed by atoms with Crippen LogP contribution in [-0.2, 0) is 4.79 Å². The number of aliphatic hydroxyl groups excluding tert-OH is 1. The Bertz CT molecular complexity index is 704. The van der Waals surface area contributed by atoms with Crippen molar-refractivity contribution in [1.82, 2.24) is 9.80 Å². The highest BCUT2D eigenvalue weighted by molar-refractivity contribution is 8.00. The van der Waals surface area contributed by atoms with Gasteiger partial charge in [0, 0.05) is 42.6 Å². The van der Waals surface area contributed by atoms with E-state index in [4.69, 9.17) is 10.7 Å². The van der Waals surface area contributed by atoms with Gasteiger partial charge in [0.1, 0.15) is 5.84 Å². The lowest BCUT2D eigenvalue weighted by atomic mass is 9.84. The largest absolute Gasteiger partial charge is 0.393 e. The Hall–Kier alpha value is -0.790. The second-order valence-electron chi connectivity index (χ2n) is 11.3. The first-order chi connectivity index (χ1) is 16.1. The summed E-state index contributed by atoms with van der Waals surface area (Å²) in [5.74, 6) is 2.68. The molecular formula is C26H44N4O2S. The molecule has 3 saturated carbocycles. The zero-order valence-electron chi connectivity index (χ0n) is 20.2. The van der Waals surface area contributed by atoms with Crippen LogP contribution >= 0.6 is 11.8 Å². The lowest BCUT2D eigenvalue weighted by molar-refractivity contribution is -0.134. The second kappa shape index (κ2) is 10.9. The van der Waals surface area contributed by atoms with E-state index in [1.165, 1.54) is 63.6 Å². The van der Waals surface area contributed by atoms with Crippen LogP contribution in [0.25, 0.3) is 0 Å². The van der Waals surface area contributed by atoms with Gasteiger partial charge in [-0.2, -0.15) is 11.8 Å². The molecule has 0 aromatic rings. The third kappa shape index (κ3) is 5.56.